The van der Waals surface area contributed by atoms with E-state index in [-0.39, 0.29) is 5.75 Å². The van der Waals surface area contributed by atoms with Gasteiger partial charge in [-0.05, 0) is 42.8 Å². The zero-order chi connectivity index (χ0) is 17.5. The van der Waals surface area contributed by atoms with Crippen molar-refractivity contribution in [1.82, 2.24) is 0 Å². The molecule has 0 spiro atoms. The molecule has 0 saturated carbocycles. The zero-order valence-electron chi connectivity index (χ0n) is 13.4. The SMILES string of the molecule is CCCOc1ccc(Br)cc1C(=O)Oc1cccc(C(=O)OC)c1. The third kappa shape index (κ3) is 4.58. The molecule has 0 heterocycles. The molecular formula is C18H17BrO5. The first-order valence-corrected chi connectivity index (χ1v) is 8.17. The number of halogens is 1. The molecule has 5 nitrogen and oxygen atoms in total. The topological polar surface area (TPSA) is 61.8 Å². The molecule has 0 atom stereocenters. The van der Waals surface area contributed by atoms with Gasteiger partial charge in [-0.2, -0.15) is 0 Å². The van der Waals surface area contributed by atoms with Crippen molar-refractivity contribution in [3.8, 4) is 11.5 Å². The first-order valence-electron chi connectivity index (χ1n) is 7.38. The molecule has 2 aromatic carbocycles. The summed E-state index contributed by atoms with van der Waals surface area (Å²) in [4.78, 5) is 24.0. The Kier molecular flexibility index (Phi) is 6.37. The summed E-state index contributed by atoms with van der Waals surface area (Å²) in [5.41, 5.74) is 0.612. The molecule has 0 unspecified atom stereocenters. The van der Waals surface area contributed by atoms with E-state index < -0.39 is 11.9 Å². The monoisotopic (exact) mass is 392 g/mol. The number of carbonyl (C=O) groups is 2. The molecular weight excluding hydrogens is 376 g/mol. The van der Waals surface area contributed by atoms with E-state index in [0.29, 0.717) is 23.5 Å². The number of ether oxygens (including phenoxy) is 3. The van der Waals surface area contributed by atoms with E-state index in [1.54, 1.807) is 36.4 Å². The fourth-order valence-corrected chi connectivity index (χ4v) is 2.33. The molecule has 2 rings (SSSR count). The quantitative estimate of drug-likeness (QED) is 0.543. The maximum atomic E-state index is 12.5. The molecule has 0 aliphatic rings. The van der Waals surface area contributed by atoms with Crippen LogP contribution in [0.2, 0.25) is 0 Å². The summed E-state index contributed by atoms with van der Waals surface area (Å²) >= 11 is 3.33. The van der Waals surface area contributed by atoms with Gasteiger partial charge in [0.25, 0.3) is 0 Å². The van der Waals surface area contributed by atoms with Gasteiger partial charge in [-0.1, -0.05) is 28.9 Å². The molecule has 0 aromatic heterocycles. The second-order valence-electron chi connectivity index (χ2n) is 4.90. The van der Waals surface area contributed by atoms with Gasteiger partial charge < -0.3 is 14.2 Å². The number of carbonyl (C=O) groups excluding carboxylic acids is 2. The number of esters is 2. The first-order chi connectivity index (χ1) is 11.5. The van der Waals surface area contributed by atoms with E-state index in [4.69, 9.17) is 9.47 Å². The van der Waals surface area contributed by atoms with Gasteiger partial charge in [-0.3, -0.25) is 0 Å². The highest BCUT2D eigenvalue weighted by Gasteiger charge is 2.16. The summed E-state index contributed by atoms with van der Waals surface area (Å²) in [6, 6.07) is 11.4. The van der Waals surface area contributed by atoms with E-state index in [0.717, 1.165) is 10.9 Å². The Hall–Kier alpha value is -2.34. The van der Waals surface area contributed by atoms with E-state index >= 15 is 0 Å². The van der Waals surface area contributed by atoms with Gasteiger partial charge in [-0.15, -0.1) is 0 Å². The first kappa shape index (κ1) is 18.0. The molecule has 0 amide bonds. The summed E-state index contributed by atoms with van der Waals surface area (Å²) in [5.74, 6) is -0.356. The molecule has 0 saturated heterocycles. The molecule has 0 N–H and O–H groups in total. The summed E-state index contributed by atoms with van der Waals surface area (Å²) in [6.07, 6.45) is 0.825. The standard InChI is InChI=1S/C18H17BrO5/c1-3-9-23-16-8-7-13(19)11-15(16)18(21)24-14-6-4-5-12(10-14)17(20)22-2/h4-8,10-11H,3,9H2,1-2H3. The van der Waals surface area contributed by atoms with Gasteiger partial charge in [0.15, 0.2) is 0 Å². The van der Waals surface area contributed by atoms with Gasteiger partial charge in [0, 0.05) is 4.47 Å². The number of rotatable bonds is 6. The molecule has 126 valence electrons. The normalized spacial score (nSPS) is 10.1. The minimum atomic E-state index is -0.565. The van der Waals surface area contributed by atoms with Gasteiger partial charge >= 0.3 is 11.9 Å². The maximum absolute atomic E-state index is 12.5. The van der Waals surface area contributed by atoms with Gasteiger partial charge in [0.2, 0.25) is 0 Å². The highest BCUT2D eigenvalue weighted by molar-refractivity contribution is 9.10. The fourth-order valence-electron chi connectivity index (χ4n) is 1.97. The fraction of sp³-hybridized carbons (Fsp3) is 0.222. The zero-order valence-corrected chi connectivity index (χ0v) is 15.0. The number of benzene rings is 2. The number of hydrogen-bond acceptors (Lipinski definition) is 5. The Morgan fingerprint density at radius 2 is 1.88 bits per heavy atom. The van der Waals surface area contributed by atoms with Crippen LogP contribution in [0.1, 0.15) is 34.1 Å². The van der Waals surface area contributed by atoms with Crippen molar-refractivity contribution in [2.24, 2.45) is 0 Å². The summed E-state index contributed by atoms with van der Waals surface area (Å²) in [5, 5.41) is 0. The van der Waals surface area contributed by atoms with Crippen LogP contribution in [0.25, 0.3) is 0 Å². The lowest BCUT2D eigenvalue weighted by Gasteiger charge is -2.11. The lowest BCUT2D eigenvalue weighted by Crippen LogP contribution is -2.12. The molecule has 0 bridgehead atoms. The number of methoxy groups -OCH3 is 1. The van der Waals surface area contributed by atoms with Crippen molar-refractivity contribution in [3.05, 3.63) is 58.1 Å². The lowest BCUT2D eigenvalue weighted by atomic mass is 10.2. The van der Waals surface area contributed by atoms with Crippen molar-refractivity contribution in [2.75, 3.05) is 13.7 Å². The summed E-state index contributed by atoms with van der Waals surface area (Å²) in [7, 11) is 1.29. The van der Waals surface area contributed by atoms with Gasteiger partial charge in [0.05, 0.1) is 19.3 Å². The molecule has 0 aliphatic carbocycles. The molecule has 0 aliphatic heterocycles. The van der Waals surface area contributed by atoms with Crippen molar-refractivity contribution in [3.63, 3.8) is 0 Å². The Morgan fingerprint density at radius 1 is 1.08 bits per heavy atom. The van der Waals surface area contributed by atoms with E-state index in [1.165, 1.54) is 13.2 Å². The van der Waals surface area contributed by atoms with E-state index in [1.807, 2.05) is 6.92 Å². The Bertz CT molecular complexity index is 742. The maximum Gasteiger partial charge on any atom is 0.347 e. The Labute approximate surface area is 148 Å². The predicted octanol–water partition coefficient (Wildman–Crippen LogP) is 4.24. The molecule has 2 aromatic rings. The molecule has 24 heavy (non-hydrogen) atoms. The summed E-state index contributed by atoms with van der Waals surface area (Å²) < 4.78 is 16.3. The van der Waals surface area contributed by atoms with Crippen molar-refractivity contribution < 1.29 is 23.8 Å². The molecule has 0 fully saturated rings. The van der Waals surface area contributed by atoms with Crippen LogP contribution < -0.4 is 9.47 Å². The molecule has 0 radical (unpaired) electrons. The highest BCUT2D eigenvalue weighted by atomic mass is 79.9. The van der Waals surface area contributed by atoms with Gasteiger partial charge in [-0.25, -0.2) is 9.59 Å². The van der Waals surface area contributed by atoms with Crippen molar-refractivity contribution in [2.45, 2.75) is 13.3 Å². The van der Waals surface area contributed by atoms with Crippen LogP contribution in [0.3, 0.4) is 0 Å². The van der Waals surface area contributed by atoms with Crippen LogP contribution in [-0.4, -0.2) is 25.7 Å². The Balaban J connectivity index is 2.23. The van der Waals surface area contributed by atoms with Crippen LogP contribution in [0.15, 0.2) is 46.9 Å². The number of hydrogen-bond donors (Lipinski definition) is 0. The second-order valence-corrected chi connectivity index (χ2v) is 5.81. The highest BCUT2D eigenvalue weighted by Crippen LogP contribution is 2.25. The predicted molar refractivity (Wildman–Crippen MR) is 92.7 cm³/mol. The summed E-state index contributed by atoms with van der Waals surface area (Å²) in [6.45, 7) is 2.48. The lowest BCUT2D eigenvalue weighted by molar-refractivity contribution is 0.0597. The second kappa shape index (κ2) is 8.49. The van der Waals surface area contributed by atoms with Crippen LogP contribution in [0.5, 0.6) is 11.5 Å². The third-order valence-corrected chi connectivity index (χ3v) is 3.58. The average Bonchev–Trinajstić information content (AvgIpc) is 2.60. The minimum absolute atomic E-state index is 0.254. The van der Waals surface area contributed by atoms with Crippen LogP contribution in [0.4, 0.5) is 0 Å². The van der Waals surface area contributed by atoms with E-state index in [9.17, 15) is 9.59 Å². The van der Waals surface area contributed by atoms with Crippen LogP contribution in [-0.2, 0) is 4.74 Å². The third-order valence-electron chi connectivity index (χ3n) is 3.09. The van der Waals surface area contributed by atoms with Crippen LogP contribution >= 0.6 is 15.9 Å². The van der Waals surface area contributed by atoms with Crippen LogP contribution in [0, 0.1) is 0 Å². The van der Waals surface area contributed by atoms with Crippen molar-refractivity contribution >= 4 is 27.9 Å². The largest absolute Gasteiger partial charge is 0.493 e. The molecule has 6 heteroatoms. The average molecular weight is 393 g/mol. The Morgan fingerprint density at radius 3 is 2.58 bits per heavy atom. The van der Waals surface area contributed by atoms with Gasteiger partial charge in [0.1, 0.15) is 17.1 Å². The van der Waals surface area contributed by atoms with E-state index in [2.05, 4.69) is 20.7 Å². The minimum Gasteiger partial charge on any atom is -0.493 e. The smallest absolute Gasteiger partial charge is 0.347 e. The van der Waals surface area contributed by atoms with Crippen molar-refractivity contribution in [1.29, 1.82) is 0 Å².